The van der Waals surface area contributed by atoms with Crippen molar-refractivity contribution in [1.82, 2.24) is 9.88 Å². The van der Waals surface area contributed by atoms with Crippen molar-refractivity contribution >= 4 is 38.3 Å². The van der Waals surface area contributed by atoms with Crippen LogP contribution in [0.25, 0.3) is 0 Å². The lowest BCUT2D eigenvalue weighted by atomic mass is 10.3. The van der Waals surface area contributed by atoms with Crippen LogP contribution in [0, 0.1) is 0 Å². The van der Waals surface area contributed by atoms with Crippen LogP contribution in [0.1, 0.15) is 12.6 Å². The van der Waals surface area contributed by atoms with Gasteiger partial charge in [-0.05, 0) is 31.2 Å². The third-order valence-corrected chi connectivity index (χ3v) is 5.10. The summed E-state index contributed by atoms with van der Waals surface area (Å²) in [5, 5.41) is 5.40. The zero-order chi connectivity index (χ0) is 17.6. The van der Waals surface area contributed by atoms with Crippen LogP contribution < -0.4 is 10.1 Å². The van der Waals surface area contributed by atoms with Crippen LogP contribution in [-0.2, 0) is 16.1 Å². The van der Waals surface area contributed by atoms with Gasteiger partial charge in [-0.2, -0.15) is 0 Å². The van der Waals surface area contributed by atoms with Crippen LogP contribution in [0.3, 0.4) is 0 Å². The number of aromatic nitrogens is 1. The Labute approximate surface area is 159 Å². The van der Waals surface area contributed by atoms with Crippen molar-refractivity contribution in [3.05, 3.63) is 39.8 Å². The van der Waals surface area contributed by atoms with Crippen molar-refractivity contribution in [1.29, 1.82) is 0 Å². The van der Waals surface area contributed by atoms with E-state index < -0.39 is 6.10 Å². The Morgan fingerprint density at radius 3 is 2.84 bits per heavy atom. The molecule has 25 heavy (non-hydrogen) atoms. The van der Waals surface area contributed by atoms with Gasteiger partial charge < -0.3 is 9.47 Å². The molecule has 3 rings (SSSR count). The Morgan fingerprint density at radius 2 is 2.12 bits per heavy atom. The molecule has 1 saturated heterocycles. The van der Waals surface area contributed by atoms with Gasteiger partial charge in [0, 0.05) is 29.5 Å². The third kappa shape index (κ3) is 5.50. The Bertz CT molecular complexity index is 701. The standard InChI is InChI=1S/C17H20BrN3O3S/c1-12(24-15-4-2-13(18)3-5-15)16(22)20-17-19-14(11-25-17)10-21-6-8-23-9-7-21/h2-5,11-12H,6-10H2,1H3,(H,19,20,22). The fraction of sp³-hybridized carbons (Fsp3) is 0.412. The molecule has 0 aliphatic carbocycles. The first kappa shape index (κ1) is 18.3. The van der Waals surface area contributed by atoms with E-state index in [1.807, 2.05) is 29.6 Å². The number of halogens is 1. The number of rotatable bonds is 6. The van der Waals surface area contributed by atoms with E-state index in [4.69, 9.17) is 9.47 Å². The Kier molecular flexibility index (Phi) is 6.41. The van der Waals surface area contributed by atoms with E-state index in [0.717, 1.165) is 43.0 Å². The van der Waals surface area contributed by atoms with Gasteiger partial charge in [0.1, 0.15) is 5.75 Å². The number of ether oxygens (including phenoxy) is 2. The number of thiazole rings is 1. The molecule has 1 N–H and O–H groups in total. The third-order valence-electron chi connectivity index (χ3n) is 3.77. The summed E-state index contributed by atoms with van der Waals surface area (Å²) in [7, 11) is 0. The molecule has 1 fully saturated rings. The molecule has 1 aliphatic rings. The van der Waals surface area contributed by atoms with Gasteiger partial charge in [-0.3, -0.25) is 15.0 Å². The number of nitrogens with one attached hydrogen (secondary N) is 1. The van der Waals surface area contributed by atoms with E-state index in [-0.39, 0.29) is 5.91 Å². The van der Waals surface area contributed by atoms with Gasteiger partial charge >= 0.3 is 0 Å². The number of carbonyl (C=O) groups excluding carboxylic acids is 1. The average molecular weight is 426 g/mol. The average Bonchev–Trinajstić information content (AvgIpc) is 3.04. The van der Waals surface area contributed by atoms with Gasteiger partial charge in [-0.1, -0.05) is 15.9 Å². The second-order valence-corrected chi connectivity index (χ2v) is 7.51. The van der Waals surface area contributed by atoms with Crippen molar-refractivity contribution in [3.8, 4) is 5.75 Å². The number of hydrogen-bond acceptors (Lipinski definition) is 6. The summed E-state index contributed by atoms with van der Waals surface area (Å²) >= 11 is 4.80. The monoisotopic (exact) mass is 425 g/mol. The normalized spacial score (nSPS) is 16.4. The van der Waals surface area contributed by atoms with Crippen LogP contribution in [0.5, 0.6) is 5.75 Å². The van der Waals surface area contributed by atoms with Crippen molar-refractivity contribution in [2.24, 2.45) is 0 Å². The smallest absolute Gasteiger partial charge is 0.266 e. The maximum atomic E-state index is 12.3. The fourth-order valence-corrected chi connectivity index (χ4v) is 3.37. The van der Waals surface area contributed by atoms with Crippen LogP contribution >= 0.6 is 27.3 Å². The second kappa shape index (κ2) is 8.75. The minimum atomic E-state index is -0.604. The molecular formula is C17H20BrN3O3S. The van der Waals surface area contributed by atoms with Gasteiger partial charge in [-0.15, -0.1) is 11.3 Å². The lowest BCUT2D eigenvalue weighted by Crippen LogP contribution is -2.35. The van der Waals surface area contributed by atoms with Gasteiger partial charge in [0.25, 0.3) is 5.91 Å². The summed E-state index contributed by atoms with van der Waals surface area (Å²) < 4.78 is 12.0. The molecular weight excluding hydrogens is 406 g/mol. The molecule has 1 aromatic carbocycles. The highest BCUT2D eigenvalue weighted by atomic mass is 79.9. The molecule has 8 heteroatoms. The lowest BCUT2D eigenvalue weighted by molar-refractivity contribution is -0.122. The minimum absolute atomic E-state index is 0.213. The first-order valence-electron chi connectivity index (χ1n) is 8.08. The van der Waals surface area contributed by atoms with Crippen molar-refractivity contribution < 1.29 is 14.3 Å². The number of anilines is 1. The molecule has 1 aromatic heterocycles. The molecule has 0 bridgehead atoms. The number of benzene rings is 1. The first-order valence-corrected chi connectivity index (χ1v) is 9.75. The highest BCUT2D eigenvalue weighted by molar-refractivity contribution is 9.10. The highest BCUT2D eigenvalue weighted by Gasteiger charge is 2.17. The van der Waals surface area contributed by atoms with Crippen LogP contribution in [0.2, 0.25) is 0 Å². The molecule has 0 spiro atoms. The van der Waals surface area contributed by atoms with E-state index in [0.29, 0.717) is 10.9 Å². The Balaban J connectivity index is 1.51. The topological polar surface area (TPSA) is 63.7 Å². The summed E-state index contributed by atoms with van der Waals surface area (Å²) in [6, 6.07) is 7.38. The number of carbonyl (C=O) groups is 1. The molecule has 2 heterocycles. The summed E-state index contributed by atoms with van der Waals surface area (Å²) in [5.41, 5.74) is 0.962. The summed E-state index contributed by atoms with van der Waals surface area (Å²) in [6.07, 6.45) is -0.604. The van der Waals surface area contributed by atoms with Crippen LogP contribution in [0.15, 0.2) is 34.1 Å². The van der Waals surface area contributed by atoms with Gasteiger partial charge in [-0.25, -0.2) is 4.98 Å². The van der Waals surface area contributed by atoms with E-state index in [1.54, 1.807) is 6.92 Å². The molecule has 0 radical (unpaired) electrons. The maximum Gasteiger partial charge on any atom is 0.266 e. The first-order chi connectivity index (χ1) is 12.1. The summed E-state index contributed by atoms with van der Waals surface area (Å²) in [5.74, 6) is 0.438. The number of nitrogens with zero attached hydrogens (tertiary/aromatic N) is 2. The Hall–Kier alpha value is -1.48. The van der Waals surface area contributed by atoms with E-state index >= 15 is 0 Å². The van der Waals surface area contributed by atoms with E-state index in [2.05, 4.69) is 31.1 Å². The highest BCUT2D eigenvalue weighted by Crippen LogP contribution is 2.20. The fourth-order valence-electron chi connectivity index (χ4n) is 2.40. The molecule has 2 aromatic rings. The summed E-state index contributed by atoms with van der Waals surface area (Å²) in [4.78, 5) is 19.1. The predicted octanol–water partition coefficient (Wildman–Crippen LogP) is 3.14. The zero-order valence-electron chi connectivity index (χ0n) is 13.9. The number of morpholine rings is 1. The molecule has 134 valence electrons. The predicted molar refractivity (Wildman–Crippen MR) is 101 cm³/mol. The quantitative estimate of drug-likeness (QED) is 0.769. The maximum absolute atomic E-state index is 12.3. The SMILES string of the molecule is CC(Oc1ccc(Br)cc1)C(=O)Nc1nc(CN2CCOCC2)cs1. The number of hydrogen-bond donors (Lipinski definition) is 1. The molecule has 1 atom stereocenters. The molecule has 1 aliphatic heterocycles. The molecule has 1 amide bonds. The summed E-state index contributed by atoms with van der Waals surface area (Å²) in [6.45, 7) is 5.85. The Morgan fingerprint density at radius 1 is 1.40 bits per heavy atom. The second-order valence-electron chi connectivity index (χ2n) is 5.74. The number of amides is 1. The van der Waals surface area contributed by atoms with E-state index in [1.165, 1.54) is 11.3 Å². The molecule has 6 nitrogen and oxygen atoms in total. The van der Waals surface area contributed by atoms with Crippen molar-refractivity contribution in [2.45, 2.75) is 19.6 Å². The lowest BCUT2D eigenvalue weighted by Gasteiger charge is -2.25. The van der Waals surface area contributed by atoms with Crippen LogP contribution in [0.4, 0.5) is 5.13 Å². The van der Waals surface area contributed by atoms with Crippen molar-refractivity contribution in [3.63, 3.8) is 0 Å². The molecule has 0 saturated carbocycles. The van der Waals surface area contributed by atoms with Crippen molar-refractivity contribution in [2.75, 3.05) is 31.6 Å². The molecule has 1 unspecified atom stereocenters. The zero-order valence-corrected chi connectivity index (χ0v) is 16.3. The van der Waals surface area contributed by atoms with Gasteiger partial charge in [0.2, 0.25) is 0 Å². The van der Waals surface area contributed by atoms with Gasteiger partial charge in [0.05, 0.1) is 18.9 Å². The largest absolute Gasteiger partial charge is 0.481 e. The van der Waals surface area contributed by atoms with Crippen LogP contribution in [-0.4, -0.2) is 48.2 Å². The van der Waals surface area contributed by atoms with E-state index in [9.17, 15) is 4.79 Å². The van der Waals surface area contributed by atoms with Gasteiger partial charge in [0.15, 0.2) is 11.2 Å². The minimum Gasteiger partial charge on any atom is -0.481 e.